The number of nitrogens with zero attached hydrogens (tertiary/aromatic N) is 4. The Morgan fingerprint density at radius 3 is 2.63 bits per heavy atom. The maximum Gasteiger partial charge on any atom is 0.144 e. The van der Waals surface area contributed by atoms with E-state index >= 15 is 0 Å². The van der Waals surface area contributed by atoms with Crippen molar-refractivity contribution in [2.45, 2.75) is 20.0 Å². The van der Waals surface area contributed by atoms with Crippen LogP contribution in [0.2, 0.25) is 0 Å². The van der Waals surface area contributed by atoms with Crippen LogP contribution >= 0.6 is 0 Å². The van der Waals surface area contributed by atoms with E-state index in [0.29, 0.717) is 12.2 Å². The van der Waals surface area contributed by atoms with Crippen LogP contribution in [0, 0.1) is 11.3 Å². The molecule has 0 aliphatic carbocycles. The number of hydrogen-bond donors (Lipinski definition) is 0. The summed E-state index contributed by atoms with van der Waals surface area (Å²) in [4.78, 5) is 10.7. The molecule has 0 aromatic carbocycles. The van der Waals surface area contributed by atoms with Gasteiger partial charge in [0.15, 0.2) is 0 Å². The van der Waals surface area contributed by atoms with E-state index in [1.807, 2.05) is 30.3 Å². The predicted molar refractivity (Wildman–Crippen MR) is 73.0 cm³/mol. The number of pyridine rings is 2. The van der Waals surface area contributed by atoms with Gasteiger partial charge in [0.1, 0.15) is 11.8 Å². The Labute approximate surface area is 113 Å². The van der Waals surface area contributed by atoms with Gasteiger partial charge < -0.3 is 0 Å². The summed E-state index contributed by atoms with van der Waals surface area (Å²) in [6, 6.07) is 11.9. The third-order valence-corrected chi connectivity index (χ3v) is 2.95. The molecule has 0 radical (unpaired) electrons. The van der Waals surface area contributed by atoms with Crippen molar-refractivity contribution in [3.05, 3.63) is 59.7 Å². The molecule has 0 unspecified atom stereocenters. The summed E-state index contributed by atoms with van der Waals surface area (Å²) < 4.78 is 0. The summed E-state index contributed by atoms with van der Waals surface area (Å²) in [6.45, 7) is 4.49. The van der Waals surface area contributed by atoms with E-state index in [1.165, 1.54) is 0 Å². The number of rotatable bonds is 5. The van der Waals surface area contributed by atoms with Crippen LogP contribution in [0.5, 0.6) is 0 Å². The second-order valence-corrected chi connectivity index (χ2v) is 4.25. The highest BCUT2D eigenvalue weighted by Gasteiger charge is 2.09. The fourth-order valence-corrected chi connectivity index (χ4v) is 1.91. The van der Waals surface area contributed by atoms with Gasteiger partial charge in [0.2, 0.25) is 0 Å². The van der Waals surface area contributed by atoms with Crippen LogP contribution < -0.4 is 0 Å². The average Bonchev–Trinajstić information content (AvgIpc) is 2.48. The van der Waals surface area contributed by atoms with Crippen LogP contribution in [0.25, 0.3) is 0 Å². The van der Waals surface area contributed by atoms with Crippen LogP contribution in [-0.2, 0) is 13.1 Å². The van der Waals surface area contributed by atoms with E-state index in [2.05, 4.69) is 27.9 Å². The van der Waals surface area contributed by atoms with Gasteiger partial charge in [0, 0.05) is 31.0 Å². The molecule has 0 saturated heterocycles. The van der Waals surface area contributed by atoms with E-state index < -0.39 is 0 Å². The molecule has 0 fully saturated rings. The Morgan fingerprint density at radius 1 is 1.11 bits per heavy atom. The Bertz CT molecular complexity index is 560. The first kappa shape index (κ1) is 13.2. The molecule has 4 nitrogen and oxygen atoms in total. The molecule has 0 spiro atoms. The van der Waals surface area contributed by atoms with E-state index in [4.69, 9.17) is 5.26 Å². The number of hydrogen-bond acceptors (Lipinski definition) is 4. The minimum atomic E-state index is 0.502. The molecule has 0 atom stereocenters. The first-order valence-corrected chi connectivity index (χ1v) is 6.29. The third-order valence-electron chi connectivity index (χ3n) is 2.95. The van der Waals surface area contributed by atoms with Crippen molar-refractivity contribution in [2.75, 3.05) is 6.54 Å². The third kappa shape index (κ3) is 3.60. The van der Waals surface area contributed by atoms with Gasteiger partial charge >= 0.3 is 0 Å². The molecule has 0 aliphatic heterocycles. The number of aromatic nitrogens is 2. The molecule has 0 N–H and O–H groups in total. The molecule has 2 heterocycles. The van der Waals surface area contributed by atoms with E-state index in [-0.39, 0.29) is 0 Å². The maximum atomic E-state index is 9.05. The van der Waals surface area contributed by atoms with Gasteiger partial charge in [-0.2, -0.15) is 5.26 Å². The molecule has 19 heavy (non-hydrogen) atoms. The van der Waals surface area contributed by atoms with Gasteiger partial charge in [0.25, 0.3) is 0 Å². The Kier molecular flexibility index (Phi) is 4.60. The van der Waals surface area contributed by atoms with Crippen LogP contribution in [0.4, 0.5) is 0 Å². The highest BCUT2D eigenvalue weighted by atomic mass is 15.1. The smallest absolute Gasteiger partial charge is 0.144 e. The van der Waals surface area contributed by atoms with Crippen molar-refractivity contribution in [2.24, 2.45) is 0 Å². The van der Waals surface area contributed by atoms with Crippen molar-refractivity contribution in [1.82, 2.24) is 14.9 Å². The van der Waals surface area contributed by atoms with Gasteiger partial charge in [-0.1, -0.05) is 19.1 Å². The molecular formula is C15H16N4. The summed E-state index contributed by atoms with van der Waals surface area (Å²) in [6.07, 6.45) is 3.45. The molecule has 96 valence electrons. The Morgan fingerprint density at radius 2 is 1.95 bits per heavy atom. The molecule has 2 aromatic rings. The molecule has 4 heteroatoms. The maximum absolute atomic E-state index is 9.05. The second kappa shape index (κ2) is 6.62. The molecular weight excluding hydrogens is 236 g/mol. The molecule has 0 amide bonds. The molecule has 0 aliphatic rings. The van der Waals surface area contributed by atoms with Crippen molar-refractivity contribution in [3.8, 4) is 6.07 Å². The van der Waals surface area contributed by atoms with Gasteiger partial charge in [-0.25, -0.2) is 4.98 Å². The molecule has 0 saturated carbocycles. The first-order valence-electron chi connectivity index (χ1n) is 6.29. The fourth-order valence-electron chi connectivity index (χ4n) is 1.91. The van der Waals surface area contributed by atoms with Crippen molar-refractivity contribution >= 4 is 0 Å². The average molecular weight is 252 g/mol. The summed E-state index contributed by atoms with van der Waals surface area (Å²) in [5, 5.41) is 9.05. The van der Waals surface area contributed by atoms with Gasteiger partial charge in [0.05, 0.1) is 5.69 Å². The van der Waals surface area contributed by atoms with Crippen molar-refractivity contribution in [3.63, 3.8) is 0 Å². The largest absolute Gasteiger partial charge is 0.293 e. The fraction of sp³-hybridized carbons (Fsp3) is 0.267. The zero-order valence-electron chi connectivity index (χ0n) is 11.0. The first-order chi connectivity index (χ1) is 9.33. The van der Waals surface area contributed by atoms with Crippen molar-refractivity contribution < 1.29 is 0 Å². The standard InChI is InChI=1S/C15H16N4/c1-2-19(12-14-7-3-4-8-17-14)11-13-6-5-9-18-15(13)10-16/h3-9H,2,11-12H2,1H3. The number of nitriles is 1. The zero-order valence-corrected chi connectivity index (χ0v) is 11.0. The monoisotopic (exact) mass is 252 g/mol. The van der Waals surface area contributed by atoms with Crippen LogP contribution in [0.3, 0.4) is 0 Å². The normalized spacial score (nSPS) is 10.4. The lowest BCUT2D eigenvalue weighted by Crippen LogP contribution is -2.23. The lowest BCUT2D eigenvalue weighted by molar-refractivity contribution is 0.267. The topological polar surface area (TPSA) is 52.8 Å². The summed E-state index contributed by atoms with van der Waals surface area (Å²) in [5.74, 6) is 0. The quantitative estimate of drug-likeness (QED) is 0.819. The van der Waals surface area contributed by atoms with E-state index in [0.717, 1.165) is 24.3 Å². The molecule has 2 rings (SSSR count). The van der Waals surface area contributed by atoms with Crippen LogP contribution in [0.1, 0.15) is 23.9 Å². The SMILES string of the molecule is CCN(Cc1ccccn1)Cc1cccnc1C#N. The zero-order chi connectivity index (χ0) is 13.5. The minimum Gasteiger partial charge on any atom is -0.293 e. The predicted octanol–water partition coefficient (Wildman–Crippen LogP) is 2.37. The lowest BCUT2D eigenvalue weighted by Gasteiger charge is -2.20. The van der Waals surface area contributed by atoms with Gasteiger partial charge in [-0.3, -0.25) is 9.88 Å². The van der Waals surface area contributed by atoms with Crippen LogP contribution in [-0.4, -0.2) is 21.4 Å². The summed E-state index contributed by atoms with van der Waals surface area (Å²) in [7, 11) is 0. The van der Waals surface area contributed by atoms with E-state index in [1.54, 1.807) is 12.4 Å². The second-order valence-electron chi connectivity index (χ2n) is 4.25. The van der Waals surface area contributed by atoms with Gasteiger partial charge in [-0.15, -0.1) is 0 Å². The lowest BCUT2D eigenvalue weighted by atomic mass is 10.2. The Balaban J connectivity index is 2.09. The molecule has 2 aromatic heterocycles. The minimum absolute atomic E-state index is 0.502. The highest BCUT2D eigenvalue weighted by molar-refractivity contribution is 5.30. The Hall–Kier alpha value is -2.25. The highest BCUT2D eigenvalue weighted by Crippen LogP contribution is 2.10. The summed E-state index contributed by atoms with van der Waals surface area (Å²) >= 11 is 0. The molecule has 0 bridgehead atoms. The van der Waals surface area contributed by atoms with Crippen molar-refractivity contribution in [1.29, 1.82) is 5.26 Å². The van der Waals surface area contributed by atoms with Crippen LogP contribution in [0.15, 0.2) is 42.7 Å². The van der Waals surface area contributed by atoms with E-state index in [9.17, 15) is 0 Å². The summed E-state index contributed by atoms with van der Waals surface area (Å²) in [5.41, 5.74) is 2.50. The van der Waals surface area contributed by atoms with Gasteiger partial charge in [-0.05, 0) is 24.7 Å².